The van der Waals surface area contributed by atoms with Crippen molar-refractivity contribution in [1.29, 1.82) is 0 Å². The van der Waals surface area contributed by atoms with Crippen LogP contribution in [0.4, 0.5) is 0 Å². The van der Waals surface area contributed by atoms with Crippen molar-refractivity contribution in [2.24, 2.45) is 5.73 Å². The van der Waals surface area contributed by atoms with E-state index in [1.165, 1.54) is 0 Å². The summed E-state index contributed by atoms with van der Waals surface area (Å²) in [5, 5.41) is 9.19. The number of aryl methyl sites for hydroxylation is 1. The van der Waals surface area contributed by atoms with Crippen LogP contribution in [0.2, 0.25) is 0 Å². The summed E-state index contributed by atoms with van der Waals surface area (Å²) in [6, 6.07) is 5.55. The van der Waals surface area contributed by atoms with Crippen molar-refractivity contribution in [1.82, 2.24) is 0 Å². The van der Waals surface area contributed by atoms with Crippen LogP contribution in [-0.2, 0) is 10.2 Å². The molecular weight excluding hydrogens is 242 g/mol. The first-order valence-corrected chi connectivity index (χ1v) is 6.47. The lowest BCUT2D eigenvalue weighted by Gasteiger charge is -2.35. The zero-order valence-corrected chi connectivity index (χ0v) is 12.1. The van der Waals surface area contributed by atoms with E-state index in [1.807, 2.05) is 39.0 Å². The highest BCUT2D eigenvalue weighted by atomic mass is 16.5. The number of carbonyl (C=O) groups is 1. The van der Waals surface area contributed by atoms with Gasteiger partial charge in [0.2, 0.25) is 0 Å². The van der Waals surface area contributed by atoms with Crippen molar-refractivity contribution in [2.45, 2.75) is 45.1 Å². The third-order valence-corrected chi connectivity index (χ3v) is 3.75. The van der Waals surface area contributed by atoms with E-state index in [2.05, 4.69) is 0 Å². The zero-order valence-electron chi connectivity index (χ0n) is 12.1. The molecule has 0 amide bonds. The second-order valence-corrected chi connectivity index (χ2v) is 5.21. The molecule has 2 atom stereocenters. The fraction of sp³-hybridized carbons (Fsp3) is 0.533. The number of hydrogen-bond acceptors (Lipinski definition) is 3. The molecule has 0 heterocycles. The van der Waals surface area contributed by atoms with Gasteiger partial charge in [-0.2, -0.15) is 0 Å². The number of rotatable bonds is 6. The van der Waals surface area contributed by atoms with Crippen LogP contribution in [0, 0.1) is 6.92 Å². The molecule has 1 aromatic carbocycles. The lowest BCUT2D eigenvalue weighted by molar-refractivity contribution is -0.138. The Kier molecular flexibility index (Phi) is 4.95. The molecule has 4 heteroatoms. The summed E-state index contributed by atoms with van der Waals surface area (Å²) in [5.41, 5.74) is 7.48. The Labute approximate surface area is 114 Å². The van der Waals surface area contributed by atoms with Crippen LogP contribution in [-0.4, -0.2) is 24.2 Å². The molecule has 0 saturated carbocycles. The molecule has 106 valence electrons. The van der Waals surface area contributed by atoms with Gasteiger partial charge in [-0.3, -0.25) is 4.79 Å². The Morgan fingerprint density at radius 2 is 2.16 bits per heavy atom. The van der Waals surface area contributed by atoms with E-state index in [9.17, 15) is 9.90 Å². The maximum absolute atomic E-state index is 11.2. The van der Waals surface area contributed by atoms with Gasteiger partial charge in [0.15, 0.2) is 0 Å². The number of nitrogens with two attached hydrogens (primary N) is 1. The Morgan fingerprint density at radius 1 is 1.53 bits per heavy atom. The van der Waals surface area contributed by atoms with Gasteiger partial charge in [-0.15, -0.1) is 0 Å². The SMILES string of the molecule is CCC(N)C(C)(CC(=O)O)c1cc(C)ccc1OC. The summed E-state index contributed by atoms with van der Waals surface area (Å²) in [4.78, 5) is 11.2. The lowest BCUT2D eigenvalue weighted by Crippen LogP contribution is -2.44. The molecule has 0 aliphatic rings. The quantitative estimate of drug-likeness (QED) is 0.828. The zero-order chi connectivity index (χ0) is 14.6. The van der Waals surface area contributed by atoms with E-state index in [0.29, 0.717) is 12.2 Å². The first-order valence-electron chi connectivity index (χ1n) is 6.47. The van der Waals surface area contributed by atoms with Crippen molar-refractivity contribution >= 4 is 5.97 Å². The van der Waals surface area contributed by atoms with E-state index in [4.69, 9.17) is 10.5 Å². The molecule has 0 aromatic heterocycles. The van der Waals surface area contributed by atoms with Gasteiger partial charge in [0.05, 0.1) is 13.5 Å². The van der Waals surface area contributed by atoms with Crippen molar-refractivity contribution in [3.63, 3.8) is 0 Å². The molecule has 0 fully saturated rings. The van der Waals surface area contributed by atoms with Crippen LogP contribution in [0.1, 0.15) is 37.8 Å². The summed E-state index contributed by atoms with van der Waals surface area (Å²) < 4.78 is 5.37. The van der Waals surface area contributed by atoms with E-state index >= 15 is 0 Å². The minimum atomic E-state index is -0.852. The maximum Gasteiger partial charge on any atom is 0.304 e. The summed E-state index contributed by atoms with van der Waals surface area (Å²) in [7, 11) is 1.59. The Morgan fingerprint density at radius 3 is 2.63 bits per heavy atom. The molecule has 1 aromatic rings. The number of hydrogen-bond donors (Lipinski definition) is 2. The number of benzene rings is 1. The van der Waals surface area contributed by atoms with Gasteiger partial charge in [-0.1, -0.05) is 31.5 Å². The predicted octanol–water partition coefficient (Wildman–Crippen LogP) is 2.47. The first-order chi connectivity index (χ1) is 8.85. The Bertz CT molecular complexity index is 459. The molecule has 3 N–H and O–H groups in total. The Balaban J connectivity index is 3.39. The molecule has 0 bridgehead atoms. The average Bonchev–Trinajstić information content (AvgIpc) is 2.36. The number of aliphatic carboxylic acids is 1. The summed E-state index contributed by atoms with van der Waals surface area (Å²) in [5.74, 6) is -0.159. The van der Waals surface area contributed by atoms with Crippen LogP contribution < -0.4 is 10.5 Å². The van der Waals surface area contributed by atoms with Crippen LogP contribution in [0.25, 0.3) is 0 Å². The molecule has 0 aliphatic carbocycles. The minimum Gasteiger partial charge on any atom is -0.496 e. The van der Waals surface area contributed by atoms with Gasteiger partial charge in [-0.25, -0.2) is 0 Å². The minimum absolute atomic E-state index is 0.0121. The molecule has 4 nitrogen and oxygen atoms in total. The second kappa shape index (κ2) is 6.06. The van der Waals surface area contributed by atoms with Crippen molar-refractivity contribution in [3.05, 3.63) is 29.3 Å². The number of ether oxygens (including phenoxy) is 1. The van der Waals surface area contributed by atoms with Gasteiger partial charge in [0, 0.05) is 17.0 Å². The Hall–Kier alpha value is -1.55. The van der Waals surface area contributed by atoms with E-state index in [0.717, 1.165) is 11.1 Å². The van der Waals surface area contributed by atoms with Gasteiger partial charge < -0.3 is 15.6 Å². The molecule has 2 unspecified atom stereocenters. The number of carboxylic acid groups (broad SMARTS) is 1. The van der Waals surface area contributed by atoms with Gasteiger partial charge in [-0.05, 0) is 19.4 Å². The molecule has 0 saturated heterocycles. The molecule has 0 aliphatic heterocycles. The monoisotopic (exact) mass is 265 g/mol. The highest BCUT2D eigenvalue weighted by Crippen LogP contribution is 2.38. The molecular formula is C15H23NO3. The van der Waals surface area contributed by atoms with Crippen LogP contribution in [0.5, 0.6) is 5.75 Å². The van der Waals surface area contributed by atoms with Gasteiger partial charge in [0.1, 0.15) is 5.75 Å². The van der Waals surface area contributed by atoms with E-state index < -0.39 is 11.4 Å². The summed E-state index contributed by atoms with van der Waals surface area (Å²) in [6.45, 7) is 5.83. The highest BCUT2D eigenvalue weighted by molar-refractivity contribution is 5.69. The standard InChI is InChI=1S/C15H23NO3/c1-5-13(16)15(3,9-14(17)18)11-8-10(2)6-7-12(11)19-4/h6-8,13H,5,9,16H2,1-4H3,(H,17,18). The van der Waals surface area contributed by atoms with Crippen LogP contribution >= 0.6 is 0 Å². The fourth-order valence-electron chi connectivity index (χ4n) is 2.46. The molecule has 1 rings (SSSR count). The van der Waals surface area contributed by atoms with Crippen molar-refractivity contribution < 1.29 is 14.6 Å². The first kappa shape index (κ1) is 15.5. The van der Waals surface area contributed by atoms with Crippen molar-refractivity contribution in [2.75, 3.05) is 7.11 Å². The number of carboxylic acids is 1. The van der Waals surface area contributed by atoms with Crippen LogP contribution in [0.15, 0.2) is 18.2 Å². The highest BCUT2D eigenvalue weighted by Gasteiger charge is 2.37. The average molecular weight is 265 g/mol. The lowest BCUT2D eigenvalue weighted by atomic mass is 9.72. The third-order valence-electron chi connectivity index (χ3n) is 3.75. The maximum atomic E-state index is 11.2. The van der Waals surface area contributed by atoms with Gasteiger partial charge >= 0.3 is 5.97 Å². The van der Waals surface area contributed by atoms with E-state index in [1.54, 1.807) is 7.11 Å². The predicted molar refractivity (Wildman–Crippen MR) is 75.6 cm³/mol. The normalized spacial score (nSPS) is 15.6. The molecule has 19 heavy (non-hydrogen) atoms. The van der Waals surface area contributed by atoms with E-state index in [-0.39, 0.29) is 12.5 Å². The van der Waals surface area contributed by atoms with Crippen molar-refractivity contribution in [3.8, 4) is 5.75 Å². The second-order valence-electron chi connectivity index (χ2n) is 5.21. The molecule has 0 radical (unpaired) electrons. The van der Waals surface area contributed by atoms with Crippen LogP contribution in [0.3, 0.4) is 0 Å². The summed E-state index contributed by atoms with van der Waals surface area (Å²) >= 11 is 0. The van der Waals surface area contributed by atoms with Gasteiger partial charge in [0.25, 0.3) is 0 Å². The fourth-order valence-corrected chi connectivity index (χ4v) is 2.46. The molecule has 0 spiro atoms. The third kappa shape index (κ3) is 3.26. The summed E-state index contributed by atoms with van der Waals surface area (Å²) in [6.07, 6.45) is 0.697. The largest absolute Gasteiger partial charge is 0.496 e. The number of methoxy groups -OCH3 is 1. The topological polar surface area (TPSA) is 72.6 Å². The smallest absolute Gasteiger partial charge is 0.304 e.